The van der Waals surface area contributed by atoms with Gasteiger partial charge >= 0.3 is 0 Å². The third-order valence-electron chi connectivity index (χ3n) is 3.43. The highest BCUT2D eigenvalue weighted by molar-refractivity contribution is 5.73. The monoisotopic (exact) mass is 268 g/mol. The summed E-state index contributed by atoms with van der Waals surface area (Å²) in [6.45, 7) is 0.760. The number of rotatable bonds is 4. The summed E-state index contributed by atoms with van der Waals surface area (Å²) in [5.41, 5.74) is 12.1. The lowest BCUT2D eigenvalue weighted by Crippen LogP contribution is -2.49. The molecule has 1 unspecified atom stereocenters. The van der Waals surface area contributed by atoms with Crippen molar-refractivity contribution in [1.82, 2.24) is 9.55 Å². The molecule has 1 aliphatic rings. The summed E-state index contributed by atoms with van der Waals surface area (Å²) in [6, 6.07) is 0. The van der Waals surface area contributed by atoms with Gasteiger partial charge in [0, 0.05) is 27.2 Å². The van der Waals surface area contributed by atoms with E-state index in [1.807, 2.05) is 4.90 Å². The Bertz CT molecular complexity index is 529. The molecule has 1 aliphatic heterocycles. The Morgan fingerprint density at radius 3 is 2.68 bits per heavy atom. The van der Waals surface area contributed by atoms with Crippen molar-refractivity contribution in [3.05, 3.63) is 10.4 Å². The van der Waals surface area contributed by atoms with E-state index in [9.17, 15) is 4.79 Å². The van der Waals surface area contributed by atoms with Gasteiger partial charge in [0.15, 0.2) is 12.1 Å². The summed E-state index contributed by atoms with van der Waals surface area (Å²) in [5.74, 6) is 0.687. The fourth-order valence-corrected chi connectivity index (χ4v) is 2.20. The number of unbranched alkanes of at least 4 members (excludes halogenated alkanes) is 1. The van der Waals surface area contributed by atoms with Crippen LogP contribution in [0.5, 0.6) is 0 Å². The van der Waals surface area contributed by atoms with Crippen LogP contribution in [0.1, 0.15) is 12.8 Å². The van der Waals surface area contributed by atoms with E-state index in [2.05, 4.69) is 4.98 Å². The Hall–Kier alpha value is -1.80. The van der Waals surface area contributed by atoms with Gasteiger partial charge in [-0.15, -0.1) is 0 Å². The molecule has 0 spiro atoms. The van der Waals surface area contributed by atoms with Gasteiger partial charge in [0.1, 0.15) is 5.69 Å². The maximum absolute atomic E-state index is 12.2. The zero-order valence-electron chi connectivity index (χ0n) is 11.2. The van der Waals surface area contributed by atoms with Crippen LogP contribution in [0.15, 0.2) is 4.79 Å². The first-order chi connectivity index (χ1) is 8.99. The summed E-state index contributed by atoms with van der Waals surface area (Å²) in [5, 5.41) is 8.83. The van der Waals surface area contributed by atoms with Gasteiger partial charge in [0.2, 0.25) is 5.95 Å². The minimum Gasteiger partial charge on any atom is -0.396 e. The van der Waals surface area contributed by atoms with Gasteiger partial charge in [-0.3, -0.25) is 15.1 Å². The smallest absolute Gasteiger partial charge is 0.280 e. The maximum Gasteiger partial charge on any atom is 0.280 e. The number of nitrogens with zero attached hydrogens (tertiary/aromatic N) is 4. The second-order valence-corrected chi connectivity index (χ2v) is 4.66. The van der Waals surface area contributed by atoms with Crippen molar-refractivity contribution >= 4 is 17.5 Å². The standard InChI is InChI=1S/C11H20N6O2/c1-15-7-8(14-10(12)16(2)9(7)19)17(11(15)13)5-3-4-6-18/h11,18H,3-6,13H2,1-2H3,(H2,12,14). The summed E-state index contributed by atoms with van der Waals surface area (Å²) in [6.07, 6.45) is 1.02. The maximum atomic E-state index is 12.2. The molecule has 0 aromatic carbocycles. The zero-order valence-corrected chi connectivity index (χ0v) is 11.2. The van der Waals surface area contributed by atoms with E-state index in [0.717, 1.165) is 6.42 Å². The lowest BCUT2D eigenvalue weighted by molar-refractivity contribution is 0.284. The van der Waals surface area contributed by atoms with Crippen LogP contribution in [-0.4, -0.2) is 41.1 Å². The van der Waals surface area contributed by atoms with E-state index in [4.69, 9.17) is 16.6 Å². The molecule has 19 heavy (non-hydrogen) atoms. The number of hydrogen-bond acceptors (Lipinski definition) is 7. The van der Waals surface area contributed by atoms with Gasteiger partial charge in [-0.05, 0) is 12.8 Å². The molecule has 8 heteroatoms. The van der Waals surface area contributed by atoms with Crippen LogP contribution in [-0.2, 0) is 7.05 Å². The van der Waals surface area contributed by atoms with E-state index >= 15 is 0 Å². The molecule has 0 amide bonds. The normalized spacial score (nSPS) is 18.0. The van der Waals surface area contributed by atoms with Crippen LogP contribution in [0.4, 0.5) is 17.5 Å². The predicted octanol–water partition coefficient (Wildman–Crippen LogP) is -1.37. The number of nitrogen functional groups attached to an aromatic ring is 1. The minimum absolute atomic E-state index is 0.137. The van der Waals surface area contributed by atoms with Gasteiger partial charge in [-0.2, -0.15) is 4.98 Å². The first-order valence-corrected chi connectivity index (χ1v) is 6.21. The number of fused-ring (bicyclic) bond motifs is 1. The van der Waals surface area contributed by atoms with Crippen molar-refractivity contribution < 1.29 is 5.11 Å². The predicted molar refractivity (Wildman–Crippen MR) is 73.9 cm³/mol. The van der Waals surface area contributed by atoms with E-state index < -0.39 is 6.29 Å². The Kier molecular flexibility index (Phi) is 3.63. The fourth-order valence-electron chi connectivity index (χ4n) is 2.20. The molecule has 2 heterocycles. The molecular formula is C11H20N6O2. The summed E-state index contributed by atoms with van der Waals surface area (Å²) in [7, 11) is 3.34. The number of anilines is 3. The molecule has 1 aromatic rings. The minimum atomic E-state index is -0.435. The Morgan fingerprint density at radius 1 is 1.37 bits per heavy atom. The zero-order chi connectivity index (χ0) is 14.2. The SMILES string of the molecule is CN1c2c(nc(N)n(C)c2=O)N(CCCCO)C1N. The van der Waals surface area contributed by atoms with Crippen molar-refractivity contribution in [3.8, 4) is 0 Å². The van der Waals surface area contributed by atoms with Gasteiger partial charge in [-0.1, -0.05) is 0 Å². The van der Waals surface area contributed by atoms with E-state index in [1.54, 1.807) is 19.0 Å². The molecule has 1 atom stereocenters. The second kappa shape index (κ2) is 5.06. The van der Waals surface area contributed by atoms with Crippen LogP contribution < -0.4 is 26.8 Å². The van der Waals surface area contributed by atoms with Crippen molar-refractivity contribution in [3.63, 3.8) is 0 Å². The van der Waals surface area contributed by atoms with E-state index in [0.29, 0.717) is 24.5 Å². The number of hydrogen-bond donors (Lipinski definition) is 3. The molecule has 1 aromatic heterocycles. The second-order valence-electron chi connectivity index (χ2n) is 4.66. The fraction of sp³-hybridized carbons (Fsp3) is 0.636. The molecule has 0 fully saturated rings. The van der Waals surface area contributed by atoms with Crippen molar-refractivity contribution in [1.29, 1.82) is 0 Å². The molecule has 0 aliphatic carbocycles. The average Bonchev–Trinajstić information content (AvgIpc) is 2.61. The molecule has 8 nitrogen and oxygen atoms in total. The molecule has 5 N–H and O–H groups in total. The van der Waals surface area contributed by atoms with Crippen LogP contribution in [0.2, 0.25) is 0 Å². The summed E-state index contributed by atoms with van der Waals surface area (Å²) < 4.78 is 1.30. The molecule has 0 saturated heterocycles. The number of aliphatic hydroxyl groups excluding tert-OH is 1. The molecule has 106 valence electrons. The molecule has 2 rings (SSSR count). The lowest BCUT2D eigenvalue weighted by atomic mass is 10.3. The van der Waals surface area contributed by atoms with Gasteiger partial charge in [0.05, 0.1) is 0 Å². The topological polar surface area (TPSA) is 114 Å². The van der Waals surface area contributed by atoms with Gasteiger partial charge < -0.3 is 20.6 Å². The Labute approximate surface area is 111 Å². The van der Waals surface area contributed by atoms with Gasteiger partial charge in [-0.25, -0.2) is 0 Å². The molecule has 0 radical (unpaired) electrons. The average molecular weight is 268 g/mol. The summed E-state index contributed by atoms with van der Waals surface area (Å²) >= 11 is 0. The Morgan fingerprint density at radius 2 is 2.05 bits per heavy atom. The highest BCUT2D eigenvalue weighted by Gasteiger charge is 2.35. The van der Waals surface area contributed by atoms with Gasteiger partial charge in [0.25, 0.3) is 5.56 Å². The van der Waals surface area contributed by atoms with E-state index in [1.165, 1.54) is 4.57 Å². The van der Waals surface area contributed by atoms with Crippen LogP contribution in [0.3, 0.4) is 0 Å². The third kappa shape index (κ3) is 2.13. The van der Waals surface area contributed by atoms with Crippen molar-refractivity contribution in [2.75, 3.05) is 35.7 Å². The number of nitrogens with two attached hydrogens (primary N) is 2. The van der Waals surface area contributed by atoms with Crippen molar-refractivity contribution in [2.24, 2.45) is 12.8 Å². The molecular weight excluding hydrogens is 248 g/mol. The first kappa shape index (κ1) is 13.6. The number of aliphatic hydroxyl groups is 1. The molecule has 0 bridgehead atoms. The number of aromatic nitrogens is 2. The summed E-state index contributed by atoms with van der Waals surface area (Å²) in [4.78, 5) is 20.0. The first-order valence-electron chi connectivity index (χ1n) is 6.21. The molecule has 0 saturated carbocycles. The highest BCUT2D eigenvalue weighted by atomic mass is 16.3. The van der Waals surface area contributed by atoms with E-state index in [-0.39, 0.29) is 18.1 Å². The third-order valence-corrected chi connectivity index (χ3v) is 3.43. The van der Waals surface area contributed by atoms with Crippen LogP contribution >= 0.6 is 0 Å². The largest absolute Gasteiger partial charge is 0.396 e. The van der Waals surface area contributed by atoms with Crippen LogP contribution in [0, 0.1) is 0 Å². The lowest BCUT2D eigenvalue weighted by Gasteiger charge is -2.26. The van der Waals surface area contributed by atoms with Crippen LogP contribution in [0.25, 0.3) is 0 Å². The quantitative estimate of drug-likeness (QED) is 0.577. The van der Waals surface area contributed by atoms with Crippen molar-refractivity contribution in [2.45, 2.75) is 19.1 Å². The highest BCUT2D eigenvalue weighted by Crippen LogP contribution is 2.32. The Balaban J connectivity index is 2.40.